The number of aromatic nitrogens is 1. The highest BCUT2D eigenvalue weighted by Gasteiger charge is 2.29. The van der Waals surface area contributed by atoms with Crippen LogP contribution in [-0.2, 0) is 6.42 Å². The van der Waals surface area contributed by atoms with Gasteiger partial charge in [0, 0.05) is 22.3 Å². The Labute approximate surface area is 125 Å². The minimum absolute atomic E-state index is 0.0262. The molecule has 1 aliphatic rings. The van der Waals surface area contributed by atoms with E-state index in [-0.39, 0.29) is 11.7 Å². The Balaban J connectivity index is 1.97. The van der Waals surface area contributed by atoms with E-state index in [1.165, 1.54) is 17.7 Å². The molecule has 0 saturated carbocycles. The number of aryl methyl sites for hydroxylation is 1. The first-order valence-electron chi connectivity index (χ1n) is 6.73. The number of halogens is 2. The summed E-state index contributed by atoms with van der Waals surface area (Å²) in [6, 6.07) is 8.41. The number of fused-ring (bicyclic) bond motifs is 1. The number of pyridine rings is 1. The highest BCUT2D eigenvalue weighted by molar-refractivity contribution is 9.10. The fraction of sp³-hybridized carbons (Fsp3) is 0.312. The van der Waals surface area contributed by atoms with Crippen LogP contribution in [0.25, 0.3) is 0 Å². The van der Waals surface area contributed by atoms with Gasteiger partial charge < -0.3 is 5.11 Å². The van der Waals surface area contributed by atoms with Gasteiger partial charge in [-0.3, -0.25) is 4.98 Å². The van der Waals surface area contributed by atoms with Gasteiger partial charge in [0.25, 0.3) is 0 Å². The summed E-state index contributed by atoms with van der Waals surface area (Å²) >= 11 is 3.33. The van der Waals surface area contributed by atoms with Crippen molar-refractivity contribution in [1.29, 1.82) is 0 Å². The van der Waals surface area contributed by atoms with Crippen LogP contribution in [0.4, 0.5) is 4.39 Å². The van der Waals surface area contributed by atoms with Crippen molar-refractivity contribution in [3.05, 3.63) is 63.6 Å². The van der Waals surface area contributed by atoms with Gasteiger partial charge in [-0.2, -0.15) is 0 Å². The molecule has 1 aromatic heterocycles. The Hall–Kier alpha value is -1.26. The van der Waals surface area contributed by atoms with Gasteiger partial charge in [-0.15, -0.1) is 0 Å². The van der Waals surface area contributed by atoms with Crippen LogP contribution < -0.4 is 0 Å². The zero-order valence-electron chi connectivity index (χ0n) is 10.9. The monoisotopic (exact) mass is 335 g/mol. The van der Waals surface area contributed by atoms with E-state index in [9.17, 15) is 9.50 Å². The van der Waals surface area contributed by atoms with Gasteiger partial charge in [0.2, 0.25) is 0 Å². The van der Waals surface area contributed by atoms with Crippen molar-refractivity contribution in [2.75, 3.05) is 0 Å². The van der Waals surface area contributed by atoms with Crippen molar-refractivity contribution in [2.45, 2.75) is 31.3 Å². The second-order valence-corrected chi connectivity index (χ2v) is 6.01. The summed E-state index contributed by atoms with van der Waals surface area (Å²) in [5, 5.41) is 10.7. The highest BCUT2D eigenvalue weighted by atomic mass is 79.9. The fourth-order valence-electron chi connectivity index (χ4n) is 2.91. The normalized spacial score (nSPS) is 19.4. The minimum atomic E-state index is -0.668. The molecule has 104 valence electrons. The van der Waals surface area contributed by atoms with E-state index in [1.807, 2.05) is 6.07 Å². The smallest absolute Gasteiger partial charge is 0.124 e. The average Bonchev–Trinajstić information content (AvgIpc) is 2.46. The summed E-state index contributed by atoms with van der Waals surface area (Å²) in [7, 11) is 0. The summed E-state index contributed by atoms with van der Waals surface area (Å²) in [6.45, 7) is 0. The lowest BCUT2D eigenvalue weighted by Gasteiger charge is -2.29. The average molecular weight is 336 g/mol. The fourth-order valence-corrected chi connectivity index (χ4v) is 3.50. The van der Waals surface area contributed by atoms with E-state index in [1.54, 1.807) is 12.3 Å². The lowest BCUT2D eigenvalue weighted by Crippen LogP contribution is -2.19. The van der Waals surface area contributed by atoms with Gasteiger partial charge in [-0.25, -0.2) is 4.39 Å². The molecule has 20 heavy (non-hydrogen) atoms. The zero-order valence-corrected chi connectivity index (χ0v) is 12.5. The molecule has 3 rings (SSSR count). The third-order valence-electron chi connectivity index (χ3n) is 3.90. The van der Waals surface area contributed by atoms with Crippen LogP contribution in [0, 0.1) is 5.82 Å². The Bertz CT molecular complexity index is 632. The maximum absolute atomic E-state index is 13.2. The number of hydrogen-bond acceptors (Lipinski definition) is 2. The molecule has 2 atom stereocenters. The summed E-state index contributed by atoms with van der Waals surface area (Å²) in [4.78, 5) is 4.45. The predicted octanol–water partition coefficient (Wildman–Crippen LogP) is 4.14. The molecular formula is C16H15BrFNO. The van der Waals surface area contributed by atoms with Crippen LogP contribution in [0.1, 0.15) is 41.7 Å². The minimum Gasteiger partial charge on any atom is -0.388 e. The number of nitrogens with zero attached hydrogens (tertiary/aromatic N) is 1. The highest BCUT2D eigenvalue weighted by Crippen LogP contribution is 2.41. The second-order valence-electron chi connectivity index (χ2n) is 5.16. The van der Waals surface area contributed by atoms with E-state index in [0.717, 1.165) is 30.5 Å². The lowest BCUT2D eigenvalue weighted by molar-refractivity contribution is 0.133. The Morgan fingerprint density at radius 3 is 3.00 bits per heavy atom. The van der Waals surface area contributed by atoms with Crippen molar-refractivity contribution in [2.24, 2.45) is 0 Å². The Morgan fingerprint density at radius 2 is 2.20 bits per heavy atom. The number of benzene rings is 1. The molecule has 0 spiro atoms. The summed E-state index contributed by atoms with van der Waals surface area (Å²) in [5.41, 5.74) is 2.90. The molecule has 2 nitrogen and oxygen atoms in total. The van der Waals surface area contributed by atoms with E-state index in [2.05, 4.69) is 27.0 Å². The topological polar surface area (TPSA) is 33.1 Å². The van der Waals surface area contributed by atoms with Gasteiger partial charge in [0.15, 0.2) is 0 Å². The number of hydrogen-bond donors (Lipinski definition) is 1. The molecule has 1 aromatic carbocycles. The van der Waals surface area contributed by atoms with Gasteiger partial charge in [-0.05, 0) is 48.6 Å². The quantitative estimate of drug-likeness (QED) is 0.894. The van der Waals surface area contributed by atoms with Crippen molar-refractivity contribution in [1.82, 2.24) is 4.98 Å². The van der Waals surface area contributed by atoms with Crippen LogP contribution in [0.3, 0.4) is 0 Å². The van der Waals surface area contributed by atoms with Crippen LogP contribution in [-0.4, -0.2) is 10.1 Å². The Kier molecular flexibility index (Phi) is 3.85. The van der Waals surface area contributed by atoms with Gasteiger partial charge in [0.05, 0.1) is 6.10 Å². The van der Waals surface area contributed by atoms with Crippen molar-refractivity contribution >= 4 is 15.9 Å². The van der Waals surface area contributed by atoms with Crippen molar-refractivity contribution in [3.63, 3.8) is 0 Å². The molecule has 2 aromatic rings. The molecule has 0 radical (unpaired) electrons. The lowest BCUT2D eigenvalue weighted by atomic mass is 9.81. The number of aliphatic hydroxyl groups excluding tert-OH is 1. The summed E-state index contributed by atoms with van der Waals surface area (Å²) in [5.74, 6) is -0.336. The molecule has 4 heteroatoms. The molecule has 1 aliphatic carbocycles. The first-order chi connectivity index (χ1) is 9.66. The van der Waals surface area contributed by atoms with E-state index >= 15 is 0 Å². The third kappa shape index (κ3) is 2.50. The largest absolute Gasteiger partial charge is 0.388 e. The maximum Gasteiger partial charge on any atom is 0.124 e. The standard InChI is InChI=1S/C16H15BrFNO/c17-14-9-11(18)6-7-12(14)16(20)13-5-1-3-10-4-2-8-19-15(10)13/h2,4,6-9,13,16,20H,1,3,5H2. The Morgan fingerprint density at radius 1 is 1.35 bits per heavy atom. The third-order valence-corrected chi connectivity index (χ3v) is 4.59. The first kappa shape index (κ1) is 13.7. The molecule has 0 fully saturated rings. The predicted molar refractivity (Wildman–Crippen MR) is 79.0 cm³/mol. The molecule has 0 saturated heterocycles. The summed E-state index contributed by atoms with van der Waals surface area (Å²) < 4.78 is 13.8. The van der Waals surface area contributed by atoms with E-state index in [4.69, 9.17) is 0 Å². The van der Waals surface area contributed by atoms with Crippen LogP contribution in [0.15, 0.2) is 41.0 Å². The molecule has 0 aliphatic heterocycles. The maximum atomic E-state index is 13.2. The molecule has 1 N–H and O–H groups in total. The van der Waals surface area contributed by atoms with Crippen molar-refractivity contribution < 1.29 is 9.50 Å². The zero-order chi connectivity index (χ0) is 14.1. The number of rotatable bonds is 2. The second kappa shape index (κ2) is 5.62. The molecule has 1 heterocycles. The van der Waals surface area contributed by atoms with E-state index in [0.29, 0.717) is 4.47 Å². The van der Waals surface area contributed by atoms with Gasteiger partial charge in [-0.1, -0.05) is 28.1 Å². The molecule has 0 amide bonds. The van der Waals surface area contributed by atoms with Crippen LogP contribution >= 0.6 is 15.9 Å². The van der Waals surface area contributed by atoms with Crippen LogP contribution in [0.2, 0.25) is 0 Å². The van der Waals surface area contributed by atoms with Crippen LogP contribution in [0.5, 0.6) is 0 Å². The number of aliphatic hydroxyl groups is 1. The van der Waals surface area contributed by atoms with E-state index < -0.39 is 6.10 Å². The molecule has 2 unspecified atom stereocenters. The van der Waals surface area contributed by atoms with Gasteiger partial charge in [0.1, 0.15) is 5.82 Å². The first-order valence-corrected chi connectivity index (χ1v) is 7.53. The van der Waals surface area contributed by atoms with Crippen molar-refractivity contribution in [3.8, 4) is 0 Å². The molecule has 0 bridgehead atoms. The SMILES string of the molecule is OC(c1ccc(F)cc1Br)C1CCCc2cccnc21. The summed E-state index contributed by atoms with van der Waals surface area (Å²) in [6.07, 6.45) is 4.05. The molecular weight excluding hydrogens is 321 g/mol. The van der Waals surface area contributed by atoms with Gasteiger partial charge >= 0.3 is 0 Å².